The summed E-state index contributed by atoms with van der Waals surface area (Å²) in [5.74, 6) is 0.0356. The summed E-state index contributed by atoms with van der Waals surface area (Å²) in [4.78, 5) is 26.3. The molecule has 0 atom stereocenters. The van der Waals surface area contributed by atoms with E-state index in [1.165, 1.54) is 4.90 Å². The van der Waals surface area contributed by atoms with E-state index < -0.39 is 0 Å². The lowest BCUT2D eigenvalue weighted by Gasteiger charge is -2.25. The van der Waals surface area contributed by atoms with Crippen molar-refractivity contribution in [2.24, 2.45) is 0 Å². The summed E-state index contributed by atoms with van der Waals surface area (Å²) < 4.78 is 8.83. The van der Waals surface area contributed by atoms with Crippen LogP contribution in [0.1, 0.15) is 31.3 Å². The third kappa shape index (κ3) is 4.76. The van der Waals surface area contributed by atoms with Gasteiger partial charge in [0.15, 0.2) is 5.69 Å². The lowest BCUT2D eigenvalue weighted by Crippen LogP contribution is -2.47. The topological polar surface area (TPSA) is 84.4 Å². The number of amides is 2. The van der Waals surface area contributed by atoms with Gasteiger partial charge in [0.1, 0.15) is 12.3 Å². The second kappa shape index (κ2) is 7.39. The highest BCUT2D eigenvalue weighted by Gasteiger charge is 2.24. The summed E-state index contributed by atoms with van der Waals surface area (Å²) in [5.41, 5.74) is 0.408. The zero-order valence-electron chi connectivity index (χ0n) is 14.1. The van der Waals surface area contributed by atoms with Gasteiger partial charge in [0.2, 0.25) is 5.91 Å². The number of benzene rings is 1. The normalized spacial score (nSPS) is 11.0. The molecule has 1 heterocycles. The van der Waals surface area contributed by atoms with Crippen LogP contribution in [0.5, 0.6) is 5.75 Å². The number of nitrogens with zero attached hydrogens (tertiary/aromatic N) is 3. The molecule has 0 bridgehead atoms. The molecular weight excluding hydrogens is 328 g/mol. The average Bonchev–Trinajstić information content (AvgIpc) is 3.05. The van der Waals surface area contributed by atoms with Gasteiger partial charge in [-0.3, -0.25) is 14.5 Å². The maximum atomic E-state index is 12.7. The molecule has 0 fully saturated rings. The van der Waals surface area contributed by atoms with Crippen LogP contribution in [0.2, 0.25) is 0 Å². The number of aromatic nitrogens is 2. The highest BCUT2D eigenvalue weighted by molar-refractivity contribution is 7.03. The molecule has 0 aliphatic rings. The molecule has 0 radical (unpaired) electrons. The number of carbonyl (C=O) groups excluding carboxylic acids is 2. The minimum atomic E-state index is -0.381. The molecule has 0 aliphatic carbocycles. The van der Waals surface area contributed by atoms with Gasteiger partial charge >= 0.3 is 0 Å². The summed E-state index contributed by atoms with van der Waals surface area (Å²) in [6.07, 6.45) is 0. The monoisotopic (exact) mass is 348 g/mol. The Kier molecular flexibility index (Phi) is 5.50. The molecule has 0 spiro atoms. The van der Waals surface area contributed by atoms with E-state index >= 15 is 0 Å². The average molecular weight is 348 g/mol. The van der Waals surface area contributed by atoms with Gasteiger partial charge < -0.3 is 10.1 Å². The molecule has 1 aromatic heterocycles. The Morgan fingerprint density at radius 3 is 2.42 bits per heavy atom. The maximum absolute atomic E-state index is 12.7. The lowest BCUT2D eigenvalue weighted by molar-refractivity contribution is -0.121. The third-order valence-corrected chi connectivity index (χ3v) is 3.53. The Hall–Kier alpha value is -2.48. The molecule has 2 amide bonds. The number of hydrogen-bond acceptors (Lipinski definition) is 6. The Bertz CT molecular complexity index is 693. The van der Waals surface area contributed by atoms with Crippen LogP contribution in [0.25, 0.3) is 0 Å². The summed E-state index contributed by atoms with van der Waals surface area (Å²) in [6.45, 7) is 5.54. The Morgan fingerprint density at radius 2 is 1.92 bits per heavy atom. The van der Waals surface area contributed by atoms with Crippen molar-refractivity contribution in [3.05, 3.63) is 35.3 Å². The van der Waals surface area contributed by atoms with Crippen LogP contribution in [-0.4, -0.2) is 40.6 Å². The number of nitrogens with one attached hydrogen (secondary N) is 1. The predicted octanol–water partition coefficient (Wildman–Crippen LogP) is 2.11. The molecule has 24 heavy (non-hydrogen) atoms. The van der Waals surface area contributed by atoms with Crippen molar-refractivity contribution < 1.29 is 14.3 Å². The van der Waals surface area contributed by atoms with Crippen molar-refractivity contribution in [2.45, 2.75) is 26.3 Å². The third-order valence-electron chi connectivity index (χ3n) is 3.02. The second-order valence-corrected chi connectivity index (χ2v) is 6.79. The molecule has 0 aliphatic heterocycles. The molecule has 2 rings (SSSR count). The number of rotatable bonds is 5. The quantitative estimate of drug-likeness (QED) is 0.894. The summed E-state index contributed by atoms with van der Waals surface area (Å²) >= 11 is 1.09. The number of anilines is 1. The lowest BCUT2D eigenvalue weighted by atomic mass is 10.1. The number of ether oxygens (including phenoxy) is 1. The van der Waals surface area contributed by atoms with Crippen LogP contribution in [0, 0.1) is 0 Å². The molecule has 128 valence electrons. The molecule has 1 aromatic carbocycles. The fraction of sp³-hybridized carbons (Fsp3) is 0.375. The standard InChI is InChI=1S/C16H20N4O3S/c1-16(2,3)17-14(21)9-20(15(22)13-10-24-19-18-13)11-5-7-12(23-4)8-6-11/h5-8,10H,9H2,1-4H3,(H,17,21). The van der Waals surface area contributed by atoms with E-state index in [1.807, 2.05) is 20.8 Å². The molecule has 2 aromatic rings. The number of hydrogen-bond donors (Lipinski definition) is 1. The van der Waals surface area contributed by atoms with Crippen molar-refractivity contribution in [3.63, 3.8) is 0 Å². The van der Waals surface area contributed by atoms with Gasteiger partial charge in [-0.2, -0.15) is 0 Å². The number of carbonyl (C=O) groups is 2. The van der Waals surface area contributed by atoms with Gasteiger partial charge in [-0.25, -0.2) is 0 Å². The first-order chi connectivity index (χ1) is 11.3. The first kappa shape index (κ1) is 17.9. The zero-order chi connectivity index (χ0) is 17.7. The second-order valence-electron chi connectivity index (χ2n) is 6.18. The molecule has 0 saturated carbocycles. The molecule has 1 N–H and O–H groups in total. The molecule has 0 unspecified atom stereocenters. The van der Waals surface area contributed by atoms with Crippen LogP contribution in [0.3, 0.4) is 0 Å². The van der Waals surface area contributed by atoms with Gasteiger partial charge in [0.25, 0.3) is 5.91 Å². The van der Waals surface area contributed by atoms with Crippen molar-refractivity contribution >= 4 is 29.0 Å². The molecule has 8 heteroatoms. The van der Waals surface area contributed by atoms with Gasteiger partial charge in [-0.15, -0.1) is 5.10 Å². The van der Waals surface area contributed by atoms with Crippen molar-refractivity contribution in [3.8, 4) is 5.75 Å². The Labute approximate surface area is 144 Å². The van der Waals surface area contributed by atoms with Crippen molar-refractivity contribution in [1.82, 2.24) is 14.9 Å². The van der Waals surface area contributed by atoms with E-state index in [0.717, 1.165) is 11.5 Å². The van der Waals surface area contributed by atoms with Crippen LogP contribution < -0.4 is 15.0 Å². The van der Waals surface area contributed by atoms with Crippen molar-refractivity contribution in [1.29, 1.82) is 0 Å². The van der Waals surface area contributed by atoms with Crippen LogP contribution in [-0.2, 0) is 4.79 Å². The SMILES string of the molecule is COc1ccc(N(CC(=O)NC(C)(C)C)C(=O)c2csnn2)cc1. The highest BCUT2D eigenvalue weighted by Crippen LogP contribution is 2.21. The summed E-state index contributed by atoms with van der Waals surface area (Å²) in [7, 11) is 1.57. The zero-order valence-corrected chi connectivity index (χ0v) is 14.9. The van der Waals surface area contributed by atoms with Gasteiger partial charge in [0.05, 0.1) is 7.11 Å². The van der Waals surface area contributed by atoms with E-state index in [9.17, 15) is 9.59 Å². The van der Waals surface area contributed by atoms with E-state index in [0.29, 0.717) is 11.4 Å². The minimum absolute atomic E-state index is 0.111. The molecule has 7 nitrogen and oxygen atoms in total. The van der Waals surface area contributed by atoms with Crippen LogP contribution >= 0.6 is 11.5 Å². The van der Waals surface area contributed by atoms with E-state index in [4.69, 9.17) is 4.74 Å². The van der Waals surface area contributed by atoms with E-state index in [1.54, 1.807) is 36.8 Å². The van der Waals surface area contributed by atoms with E-state index in [2.05, 4.69) is 14.9 Å². The van der Waals surface area contributed by atoms with Crippen LogP contribution in [0.15, 0.2) is 29.6 Å². The highest BCUT2D eigenvalue weighted by atomic mass is 32.1. The maximum Gasteiger partial charge on any atom is 0.280 e. The molecule has 0 saturated heterocycles. The fourth-order valence-corrected chi connectivity index (χ4v) is 2.47. The molecular formula is C16H20N4O3S. The Balaban J connectivity index is 2.26. The largest absolute Gasteiger partial charge is 0.497 e. The summed E-state index contributed by atoms with van der Waals surface area (Å²) in [5, 5.41) is 8.21. The van der Waals surface area contributed by atoms with Gasteiger partial charge in [0, 0.05) is 16.6 Å². The van der Waals surface area contributed by atoms with Crippen LogP contribution in [0.4, 0.5) is 5.69 Å². The summed E-state index contributed by atoms with van der Waals surface area (Å²) in [6, 6.07) is 6.91. The Morgan fingerprint density at radius 1 is 1.25 bits per heavy atom. The fourth-order valence-electron chi connectivity index (χ4n) is 2.04. The first-order valence-corrected chi connectivity index (χ1v) is 8.18. The van der Waals surface area contributed by atoms with Crippen molar-refractivity contribution in [2.75, 3.05) is 18.6 Å². The van der Waals surface area contributed by atoms with Gasteiger partial charge in [-0.1, -0.05) is 4.49 Å². The minimum Gasteiger partial charge on any atom is -0.497 e. The first-order valence-electron chi connectivity index (χ1n) is 7.34. The van der Waals surface area contributed by atoms with E-state index in [-0.39, 0.29) is 29.6 Å². The van der Waals surface area contributed by atoms with Gasteiger partial charge in [-0.05, 0) is 56.6 Å². The smallest absolute Gasteiger partial charge is 0.280 e. The predicted molar refractivity (Wildman–Crippen MR) is 92.5 cm³/mol. The number of methoxy groups -OCH3 is 1.